The Bertz CT molecular complexity index is 2480. The van der Waals surface area contributed by atoms with Crippen LogP contribution in [0.1, 0.15) is 73.6 Å². The Morgan fingerprint density at radius 1 is 0.701 bits per heavy atom. The third-order valence-electron chi connectivity index (χ3n) is 12.6. The highest BCUT2D eigenvalue weighted by atomic mass is 33.1. The molecule has 8 atom stereocenters. The quantitative estimate of drug-likeness (QED) is 0.0259. The molecule has 2 fully saturated rings. The van der Waals surface area contributed by atoms with E-state index in [-0.39, 0.29) is 56.2 Å². The van der Waals surface area contributed by atoms with Gasteiger partial charge in [-0.2, -0.15) is 0 Å². The number of rotatable bonds is 20. The zero-order valence-electron chi connectivity index (χ0n) is 43.0. The molecule has 19 N–H and O–H groups in total. The lowest BCUT2D eigenvalue weighted by Crippen LogP contribution is -2.61. The molecule has 26 nitrogen and oxygen atoms in total. The van der Waals surface area contributed by atoms with E-state index in [2.05, 4.69) is 42.2 Å². The average molecular weight is 1110 g/mol. The third kappa shape index (κ3) is 20.5. The summed E-state index contributed by atoms with van der Waals surface area (Å²) in [5, 5.41) is 18.1. The van der Waals surface area contributed by atoms with Crippen molar-refractivity contribution in [2.45, 2.75) is 126 Å². The number of benzene rings is 2. The van der Waals surface area contributed by atoms with Crippen LogP contribution in [-0.4, -0.2) is 155 Å². The number of amides is 11. The molecule has 77 heavy (non-hydrogen) atoms. The normalized spacial score (nSPS) is 22.4. The number of carbonyl (C=O) groups excluding carboxylic acids is 11. The topological polar surface area (TPSA) is 444 Å². The highest BCUT2D eigenvalue weighted by Gasteiger charge is 2.41. The van der Waals surface area contributed by atoms with E-state index in [1.807, 2.05) is 32.0 Å². The fourth-order valence-electron chi connectivity index (χ4n) is 8.47. The maximum absolute atomic E-state index is 14.7. The molecule has 0 aliphatic carbocycles. The number of nitrogens with two attached hydrogens (primary N) is 6. The Balaban J connectivity index is 1.72. The summed E-state index contributed by atoms with van der Waals surface area (Å²) >= 11 is 0. The smallest absolute Gasteiger partial charge is 0.246 e. The van der Waals surface area contributed by atoms with Crippen molar-refractivity contribution < 1.29 is 52.7 Å². The van der Waals surface area contributed by atoms with Crippen LogP contribution in [0, 0.1) is 13.8 Å². The van der Waals surface area contributed by atoms with Crippen molar-refractivity contribution in [1.29, 1.82) is 0 Å². The van der Waals surface area contributed by atoms with Gasteiger partial charge in [0.05, 0.1) is 19.0 Å². The summed E-state index contributed by atoms with van der Waals surface area (Å²) < 4.78 is 0. The number of hydrogen-bond donors (Lipinski definition) is 13. The van der Waals surface area contributed by atoms with Crippen LogP contribution in [0.3, 0.4) is 0 Å². The van der Waals surface area contributed by atoms with Crippen molar-refractivity contribution in [3.8, 4) is 0 Å². The maximum atomic E-state index is 14.7. The van der Waals surface area contributed by atoms with Gasteiger partial charge in [0, 0.05) is 43.9 Å². The van der Waals surface area contributed by atoms with Crippen LogP contribution in [0.4, 0.5) is 0 Å². The molecule has 2 heterocycles. The molecule has 0 aromatic heterocycles. The first kappa shape index (κ1) is 62.1. The van der Waals surface area contributed by atoms with Gasteiger partial charge in [-0.15, -0.1) is 0 Å². The molecule has 2 saturated heterocycles. The highest BCUT2D eigenvalue weighted by Crippen LogP contribution is 2.26. The van der Waals surface area contributed by atoms with Gasteiger partial charge < -0.3 is 76.5 Å². The molecule has 2 aliphatic heterocycles. The van der Waals surface area contributed by atoms with Gasteiger partial charge in [0.15, 0.2) is 5.96 Å². The zero-order chi connectivity index (χ0) is 56.8. The van der Waals surface area contributed by atoms with E-state index in [4.69, 9.17) is 34.4 Å². The van der Waals surface area contributed by atoms with Crippen LogP contribution in [0.25, 0.3) is 0 Å². The van der Waals surface area contributed by atoms with Gasteiger partial charge in [-0.25, -0.2) is 0 Å². The minimum Gasteiger partial charge on any atom is -0.370 e. The van der Waals surface area contributed by atoms with Crippen LogP contribution in [0.15, 0.2) is 53.5 Å². The van der Waals surface area contributed by atoms with Crippen molar-refractivity contribution in [2.24, 2.45) is 39.4 Å². The number of aliphatic imine (C=N–C) groups is 1. The van der Waals surface area contributed by atoms with Crippen LogP contribution in [0.5, 0.6) is 0 Å². The summed E-state index contributed by atoms with van der Waals surface area (Å²) in [6, 6.07) is 2.94. The monoisotopic (exact) mass is 1110 g/mol. The largest absolute Gasteiger partial charge is 0.370 e. The maximum Gasteiger partial charge on any atom is 0.246 e. The molecule has 0 saturated carbocycles. The van der Waals surface area contributed by atoms with Gasteiger partial charge in [0.1, 0.15) is 42.3 Å². The molecular weight excluding hydrogens is 1040 g/mol. The Hall–Kier alpha value is -7.46. The number of nitrogens with one attached hydrogen (secondary N) is 7. The molecule has 0 spiro atoms. The first-order valence-electron chi connectivity index (χ1n) is 24.9. The lowest BCUT2D eigenvalue weighted by atomic mass is 9.95. The van der Waals surface area contributed by atoms with Crippen molar-refractivity contribution in [2.75, 3.05) is 31.1 Å². The standard InChI is InChI=1S/C49H71N15O11S2/c1-26-10-8-11-27(2)29(26)21-34-45(72)61-33(20-28-12-4-3-5-13-28)44(71)58-32(16-17-38(51)65)43(70)62-35(22-39(52)66)46(73)63-36(25-77-76-24-30(50)41(68)60-34)48(75)64-19-9-15-37(64)47(74)59-31(42(69)57-23-40(53)67)14-6-7-18-56-49(54)55/h3-5,8,10-13,30-37H,6-7,9,14-25,50H2,1-2H3,(H2,51,65)(H2,52,66)(H2,53,67)(H,57,69)(H,58,71)(H,59,74)(H,60,68)(H,61,72)(H,62,70)(H,63,73)(H4,54,55,56)/t30-,31+,32-,33-,34-,35-,36-,37-/m0/s1. The molecule has 28 heteroatoms. The number of aryl methyl sites for hydroxylation is 2. The van der Waals surface area contributed by atoms with Crippen molar-refractivity contribution in [3.05, 3.63) is 70.8 Å². The summed E-state index contributed by atoms with van der Waals surface area (Å²) in [5.74, 6) is -9.97. The molecule has 0 radical (unpaired) electrons. The van der Waals surface area contributed by atoms with Gasteiger partial charge in [0.25, 0.3) is 0 Å². The predicted molar refractivity (Wildman–Crippen MR) is 288 cm³/mol. The van der Waals surface area contributed by atoms with Crippen molar-refractivity contribution in [1.82, 2.24) is 42.1 Å². The summed E-state index contributed by atoms with van der Waals surface area (Å²) in [5.41, 5.74) is 36.5. The van der Waals surface area contributed by atoms with E-state index in [0.29, 0.717) is 24.8 Å². The van der Waals surface area contributed by atoms with Gasteiger partial charge in [-0.1, -0.05) is 70.1 Å². The number of primary amides is 3. The summed E-state index contributed by atoms with van der Waals surface area (Å²) in [6.45, 7) is 3.43. The fraction of sp³-hybridized carbons (Fsp3) is 0.510. The molecule has 2 aromatic carbocycles. The highest BCUT2D eigenvalue weighted by molar-refractivity contribution is 8.76. The molecule has 0 unspecified atom stereocenters. The van der Waals surface area contributed by atoms with E-state index < -0.39 is 139 Å². The number of guanidine groups is 1. The first-order valence-corrected chi connectivity index (χ1v) is 27.4. The second-order valence-corrected chi connectivity index (χ2v) is 21.2. The SMILES string of the molecule is Cc1cccc(C)c1C[C@@H]1NC(=O)[C@@H](N)CSSC[C@@H](C(=O)N2CCC[C@H]2C(=O)N[C@H](CCCCN=C(N)N)C(=O)NCC(N)=O)NC(=O)[C@H](CC(N)=O)NC(=O)[C@H](CCC(N)=O)NC(=O)[C@H](Cc2ccccc2)NC1=O. The van der Waals surface area contributed by atoms with E-state index in [0.717, 1.165) is 38.3 Å². The van der Waals surface area contributed by atoms with Crippen LogP contribution in [-0.2, 0) is 65.6 Å². The number of hydrogen-bond acceptors (Lipinski definition) is 15. The lowest BCUT2D eigenvalue weighted by molar-refractivity contribution is -0.142. The predicted octanol–water partition coefficient (Wildman–Crippen LogP) is -4.10. The van der Waals surface area contributed by atoms with Crippen molar-refractivity contribution in [3.63, 3.8) is 0 Å². The number of likely N-dealkylation sites (tertiary alicyclic amines) is 1. The second-order valence-electron chi connectivity index (χ2n) is 18.7. The minimum atomic E-state index is -1.78. The molecule has 420 valence electrons. The zero-order valence-corrected chi connectivity index (χ0v) is 44.6. The van der Waals surface area contributed by atoms with Gasteiger partial charge in [0.2, 0.25) is 65.0 Å². The van der Waals surface area contributed by atoms with E-state index >= 15 is 0 Å². The van der Waals surface area contributed by atoms with Crippen LogP contribution >= 0.6 is 21.6 Å². The molecule has 0 bridgehead atoms. The Morgan fingerprint density at radius 2 is 1.30 bits per heavy atom. The molecular formula is C49H71N15O11S2. The van der Waals surface area contributed by atoms with Crippen LogP contribution < -0.4 is 71.6 Å². The third-order valence-corrected chi connectivity index (χ3v) is 15.0. The molecule has 2 aromatic rings. The lowest BCUT2D eigenvalue weighted by Gasteiger charge is -2.31. The Kier molecular flexibility index (Phi) is 24.9. The van der Waals surface area contributed by atoms with Crippen LogP contribution in [0.2, 0.25) is 0 Å². The molecule has 4 rings (SSSR count). The summed E-state index contributed by atoms with van der Waals surface area (Å²) in [4.78, 5) is 154. The average Bonchev–Trinajstić information content (AvgIpc) is 3.87. The van der Waals surface area contributed by atoms with E-state index in [9.17, 15) is 52.7 Å². The Morgan fingerprint density at radius 3 is 1.94 bits per heavy atom. The number of unbranched alkanes of at least 4 members (excludes halogenated alkanes) is 1. The molecule has 11 amide bonds. The number of carbonyl (C=O) groups is 11. The van der Waals surface area contributed by atoms with E-state index in [1.165, 1.54) is 4.90 Å². The van der Waals surface area contributed by atoms with Gasteiger partial charge in [-0.3, -0.25) is 57.7 Å². The number of nitrogens with zero attached hydrogens (tertiary/aromatic N) is 2. The fourth-order valence-corrected chi connectivity index (χ4v) is 10.7. The second kappa shape index (κ2) is 30.9. The summed E-state index contributed by atoms with van der Waals surface area (Å²) in [6.07, 6.45) is -0.480. The summed E-state index contributed by atoms with van der Waals surface area (Å²) in [7, 11) is 2.06. The molecule has 2 aliphatic rings. The van der Waals surface area contributed by atoms with E-state index in [1.54, 1.807) is 30.3 Å². The van der Waals surface area contributed by atoms with Gasteiger partial charge in [-0.05, 0) is 74.6 Å². The first-order chi connectivity index (χ1) is 36.5. The Labute approximate surface area is 453 Å². The van der Waals surface area contributed by atoms with Crippen molar-refractivity contribution >= 4 is 92.5 Å². The van der Waals surface area contributed by atoms with Gasteiger partial charge >= 0.3 is 0 Å². The minimum absolute atomic E-state index is 0.0158.